The number of rotatable bonds is 6. The molecule has 126 valence electrons. The molecule has 0 aliphatic rings. The Hall–Kier alpha value is -2.80. The van der Waals surface area contributed by atoms with Crippen LogP contribution in [0.5, 0.6) is 11.5 Å². The number of amides is 1. The van der Waals surface area contributed by atoms with Gasteiger partial charge in [0.05, 0.1) is 11.5 Å². The molecule has 0 radical (unpaired) electrons. The van der Waals surface area contributed by atoms with E-state index >= 15 is 0 Å². The summed E-state index contributed by atoms with van der Waals surface area (Å²) in [5.74, 6) is -0.333. The molecule has 0 aliphatic heterocycles. The van der Waals surface area contributed by atoms with Crippen LogP contribution in [-0.4, -0.2) is 41.0 Å². The van der Waals surface area contributed by atoms with Crippen molar-refractivity contribution in [2.24, 2.45) is 0 Å². The van der Waals surface area contributed by atoms with Crippen LogP contribution < -0.4 is 4.74 Å². The van der Waals surface area contributed by atoms with E-state index in [1.807, 2.05) is 0 Å². The van der Waals surface area contributed by atoms with Gasteiger partial charge in [-0.15, -0.1) is 0 Å². The van der Waals surface area contributed by atoms with Gasteiger partial charge in [-0.1, -0.05) is 17.7 Å². The van der Waals surface area contributed by atoms with E-state index in [1.165, 1.54) is 11.0 Å². The third kappa shape index (κ3) is 4.36. The molecule has 0 aromatic heterocycles. The maximum absolute atomic E-state index is 12.2. The van der Waals surface area contributed by atoms with Crippen molar-refractivity contribution >= 4 is 23.2 Å². The SMILES string of the molecule is CN(CCOc1cccc(Cl)c1)C(=O)c1ccc([N+](=O)[O-])c(O)c1. The molecule has 1 amide bonds. The molecule has 2 aromatic rings. The fourth-order valence-corrected chi connectivity index (χ4v) is 2.17. The van der Waals surface area contributed by atoms with E-state index < -0.39 is 16.4 Å². The lowest BCUT2D eigenvalue weighted by atomic mass is 10.1. The van der Waals surface area contributed by atoms with E-state index in [1.54, 1.807) is 31.3 Å². The summed E-state index contributed by atoms with van der Waals surface area (Å²) in [7, 11) is 1.57. The number of nitrogens with zero attached hydrogens (tertiary/aromatic N) is 2. The predicted octanol–water partition coefficient (Wildman–Crippen LogP) is 3.10. The lowest BCUT2D eigenvalue weighted by Gasteiger charge is -2.17. The van der Waals surface area contributed by atoms with E-state index in [4.69, 9.17) is 16.3 Å². The van der Waals surface area contributed by atoms with Crippen molar-refractivity contribution in [3.63, 3.8) is 0 Å². The molecule has 7 nitrogen and oxygen atoms in total. The molecule has 2 rings (SSSR count). The molecule has 0 aliphatic carbocycles. The summed E-state index contributed by atoms with van der Waals surface area (Å²) in [6.45, 7) is 0.546. The minimum Gasteiger partial charge on any atom is -0.502 e. The number of nitro groups is 1. The number of phenols is 1. The highest BCUT2D eigenvalue weighted by Crippen LogP contribution is 2.26. The standard InChI is InChI=1S/C16H15ClN2O5/c1-18(7-8-24-13-4-2-3-12(17)10-13)16(21)11-5-6-14(19(22)23)15(20)9-11/h2-6,9-10,20H,7-8H2,1H3. The molecule has 0 unspecified atom stereocenters. The Kier molecular flexibility index (Phi) is 5.59. The number of hydrogen-bond donors (Lipinski definition) is 1. The van der Waals surface area contributed by atoms with Gasteiger partial charge in [0.25, 0.3) is 5.91 Å². The van der Waals surface area contributed by atoms with Crippen molar-refractivity contribution in [2.75, 3.05) is 20.2 Å². The molecule has 8 heteroatoms. The fraction of sp³-hybridized carbons (Fsp3) is 0.188. The predicted molar refractivity (Wildman–Crippen MR) is 88.7 cm³/mol. The summed E-state index contributed by atoms with van der Waals surface area (Å²) in [4.78, 5) is 23.6. The van der Waals surface area contributed by atoms with E-state index in [9.17, 15) is 20.0 Å². The molecule has 1 N–H and O–H groups in total. The molecule has 0 bridgehead atoms. The number of likely N-dealkylation sites (N-methyl/N-ethyl adjacent to an activating group) is 1. The number of nitro benzene ring substituents is 1. The first-order chi connectivity index (χ1) is 11.4. The van der Waals surface area contributed by atoms with Crippen molar-refractivity contribution < 1.29 is 19.6 Å². The normalized spacial score (nSPS) is 10.2. The summed E-state index contributed by atoms with van der Waals surface area (Å²) in [6, 6.07) is 10.4. The monoisotopic (exact) mass is 350 g/mol. The van der Waals surface area contributed by atoms with Gasteiger partial charge in [-0.3, -0.25) is 14.9 Å². The fourth-order valence-electron chi connectivity index (χ4n) is 1.99. The highest BCUT2D eigenvalue weighted by molar-refractivity contribution is 6.30. The van der Waals surface area contributed by atoms with Gasteiger partial charge >= 0.3 is 5.69 Å². The number of aromatic hydroxyl groups is 1. The number of benzene rings is 2. The Morgan fingerprint density at radius 1 is 1.33 bits per heavy atom. The Labute approximate surface area is 143 Å². The lowest BCUT2D eigenvalue weighted by molar-refractivity contribution is -0.385. The second kappa shape index (κ2) is 7.65. The maximum atomic E-state index is 12.2. The summed E-state index contributed by atoms with van der Waals surface area (Å²) < 4.78 is 5.50. The van der Waals surface area contributed by atoms with Crippen molar-refractivity contribution in [1.29, 1.82) is 0 Å². The quantitative estimate of drug-likeness (QED) is 0.638. The van der Waals surface area contributed by atoms with Crippen molar-refractivity contribution in [3.05, 3.63) is 63.2 Å². The zero-order valence-corrected chi connectivity index (χ0v) is 13.6. The molecule has 0 saturated heterocycles. The van der Waals surface area contributed by atoms with Gasteiger partial charge in [0, 0.05) is 23.7 Å². The van der Waals surface area contributed by atoms with Gasteiger partial charge in [-0.2, -0.15) is 0 Å². The average Bonchev–Trinajstić information content (AvgIpc) is 2.53. The van der Waals surface area contributed by atoms with Gasteiger partial charge in [-0.05, 0) is 30.3 Å². The number of carbonyl (C=O) groups is 1. The van der Waals surface area contributed by atoms with Crippen molar-refractivity contribution in [3.8, 4) is 11.5 Å². The minimum absolute atomic E-state index is 0.156. The third-order valence-electron chi connectivity index (χ3n) is 3.26. The lowest BCUT2D eigenvalue weighted by Crippen LogP contribution is -2.30. The van der Waals surface area contributed by atoms with Crippen LogP contribution in [0.1, 0.15) is 10.4 Å². The largest absolute Gasteiger partial charge is 0.502 e. The summed E-state index contributed by atoms with van der Waals surface area (Å²) in [6.07, 6.45) is 0. The molecule has 0 atom stereocenters. The smallest absolute Gasteiger partial charge is 0.310 e. The first kappa shape index (κ1) is 17.6. The Morgan fingerprint density at radius 3 is 2.71 bits per heavy atom. The van der Waals surface area contributed by atoms with Gasteiger partial charge in [0.2, 0.25) is 0 Å². The molecule has 24 heavy (non-hydrogen) atoms. The van der Waals surface area contributed by atoms with Crippen molar-refractivity contribution in [2.45, 2.75) is 0 Å². The number of halogens is 1. The Balaban J connectivity index is 1.94. The van der Waals surface area contributed by atoms with Crippen LogP contribution in [0.2, 0.25) is 5.02 Å². The highest BCUT2D eigenvalue weighted by Gasteiger charge is 2.18. The summed E-state index contributed by atoms with van der Waals surface area (Å²) in [5.41, 5.74) is -0.290. The maximum Gasteiger partial charge on any atom is 0.310 e. The number of phenolic OH excluding ortho intramolecular Hbond substituents is 1. The van der Waals surface area contributed by atoms with Crippen LogP contribution in [0.4, 0.5) is 5.69 Å². The topological polar surface area (TPSA) is 92.9 Å². The summed E-state index contributed by atoms with van der Waals surface area (Å²) in [5, 5.41) is 20.8. The molecule has 0 saturated carbocycles. The van der Waals surface area contributed by atoms with Gasteiger partial charge in [-0.25, -0.2) is 0 Å². The minimum atomic E-state index is -0.716. The van der Waals surface area contributed by atoms with Crippen LogP contribution in [-0.2, 0) is 0 Å². The third-order valence-corrected chi connectivity index (χ3v) is 3.49. The molecule has 0 heterocycles. The van der Waals surface area contributed by atoms with E-state index in [2.05, 4.69) is 0 Å². The second-order valence-electron chi connectivity index (χ2n) is 4.99. The van der Waals surface area contributed by atoms with Crippen LogP contribution in [0.3, 0.4) is 0 Å². The van der Waals surface area contributed by atoms with Crippen LogP contribution in [0.15, 0.2) is 42.5 Å². The van der Waals surface area contributed by atoms with Gasteiger partial charge in [0.1, 0.15) is 12.4 Å². The first-order valence-electron chi connectivity index (χ1n) is 6.99. The molecular formula is C16H15ClN2O5. The van der Waals surface area contributed by atoms with Crippen molar-refractivity contribution in [1.82, 2.24) is 4.90 Å². The van der Waals surface area contributed by atoms with Crippen LogP contribution in [0, 0.1) is 10.1 Å². The first-order valence-corrected chi connectivity index (χ1v) is 7.37. The molecule has 2 aromatic carbocycles. The zero-order chi connectivity index (χ0) is 17.7. The Morgan fingerprint density at radius 2 is 2.08 bits per heavy atom. The zero-order valence-electron chi connectivity index (χ0n) is 12.8. The molecule has 0 spiro atoms. The summed E-state index contributed by atoms with van der Waals surface area (Å²) >= 11 is 5.85. The van der Waals surface area contributed by atoms with E-state index in [0.29, 0.717) is 17.3 Å². The van der Waals surface area contributed by atoms with E-state index in [0.717, 1.165) is 12.1 Å². The number of hydrogen-bond acceptors (Lipinski definition) is 5. The van der Waals surface area contributed by atoms with Gasteiger partial charge in [0.15, 0.2) is 5.75 Å². The molecular weight excluding hydrogens is 336 g/mol. The number of ether oxygens (including phenoxy) is 1. The van der Waals surface area contributed by atoms with Gasteiger partial charge < -0.3 is 14.7 Å². The highest BCUT2D eigenvalue weighted by atomic mass is 35.5. The molecule has 0 fully saturated rings. The van der Waals surface area contributed by atoms with Crippen LogP contribution >= 0.6 is 11.6 Å². The van der Waals surface area contributed by atoms with Crippen LogP contribution in [0.25, 0.3) is 0 Å². The number of carbonyl (C=O) groups excluding carboxylic acids is 1. The Bertz CT molecular complexity index is 766. The average molecular weight is 351 g/mol. The second-order valence-corrected chi connectivity index (χ2v) is 5.43. The van der Waals surface area contributed by atoms with E-state index in [-0.39, 0.29) is 18.1 Å².